The van der Waals surface area contributed by atoms with Crippen molar-refractivity contribution in [2.45, 2.75) is 45.8 Å². The van der Waals surface area contributed by atoms with Gasteiger partial charge < -0.3 is 15.2 Å². The normalized spacial score (nSPS) is 15.4. The molecule has 0 amide bonds. The van der Waals surface area contributed by atoms with Gasteiger partial charge in [-0.1, -0.05) is 6.92 Å². The molecule has 4 nitrogen and oxygen atoms in total. The largest absolute Gasteiger partial charge is 0.332 e. The van der Waals surface area contributed by atoms with E-state index >= 15 is 0 Å². The first-order valence-electron chi connectivity index (χ1n) is 6.02. The maximum atomic E-state index is 5.88. The van der Waals surface area contributed by atoms with Crippen molar-refractivity contribution in [3.8, 4) is 0 Å². The van der Waals surface area contributed by atoms with Crippen molar-refractivity contribution < 1.29 is 0 Å². The second kappa shape index (κ2) is 6.01. The van der Waals surface area contributed by atoms with Gasteiger partial charge in [0.1, 0.15) is 0 Å². The number of likely N-dealkylation sites (N-methyl/N-ethyl adjacent to an activating group) is 1. The van der Waals surface area contributed by atoms with E-state index in [0.717, 1.165) is 18.8 Å². The van der Waals surface area contributed by atoms with E-state index < -0.39 is 0 Å². The average molecular weight is 224 g/mol. The third-order valence-electron chi connectivity index (χ3n) is 3.25. The van der Waals surface area contributed by atoms with Gasteiger partial charge in [0, 0.05) is 31.4 Å². The quantitative estimate of drug-likeness (QED) is 0.799. The molecule has 2 atom stereocenters. The molecule has 1 rings (SSSR count). The molecule has 16 heavy (non-hydrogen) atoms. The fourth-order valence-corrected chi connectivity index (χ4v) is 1.69. The Morgan fingerprint density at radius 1 is 1.50 bits per heavy atom. The standard InChI is InChI=1S/C12H24N4/c1-5-10(2)15(4)6-7-16-9-14-8-12(16)11(3)13/h8-11H,5-7,13H2,1-4H3. The third-order valence-corrected chi connectivity index (χ3v) is 3.25. The molecule has 1 aromatic heterocycles. The van der Waals surface area contributed by atoms with Crippen LogP contribution < -0.4 is 5.73 Å². The Morgan fingerprint density at radius 2 is 2.19 bits per heavy atom. The summed E-state index contributed by atoms with van der Waals surface area (Å²) in [5.41, 5.74) is 6.99. The van der Waals surface area contributed by atoms with E-state index in [1.807, 2.05) is 19.4 Å². The van der Waals surface area contributed by atoms with Crippen molar-refractivity contribution in [2.24, 2.45) is 5.73 Å². The summed E-state index contributed by atoms with van der Waals surface area (Å²) >= 11 is 0. The molecule has 0 aromatic carbocycles. The molecule has 0 aliphatic heterocycles. The summed E-state index contributed by atoms with van der Waals surface area (Å²) in [5.74, 6) is 0. The summed E-state index contributed by atoms with van der Waals surface area (Å²) in [5, 5.41) is 0. The van der Waals surface area contributed by atoms with Crippen LogP contribution in [-0.2, 0) is 6.54 Å². The van der Waals surface area contributed by atoms with Crippen LogP contribution in [0, 0.1) is 0 Å². The van der Waals surface area contributed by atoms with Gasteiger partial charge in [-0.25, -0.2) is 4.98 Å². The molecule has 92 valence electrons. The van der Waals surface area contributed by atoms with E-state index in [9.17, 15) is 0 Å². The zero-order valence-corrected chi connectivity index (χ0v) is 10.8. The molecule has 1 heterocycles. The number of aromatic nitrogens is 2. The second-order valence-corrected chi connectivity index (χ2v) is 4.54. The van der Waals surface area contributed by atoms with Crippen LogP contribution in [0.3, 0.4) is 0 Å². The van der Waals surface area contributed by atoms with Crippen molar-refractivity contribution in [1.29, 1.82) is 0 Å². The number of nitrogens with two attached hydrogens (primary N) is 1. The molecule has 1 aromatic rings. The SMILES string of the molecule is CCC(C)N(C)CCn1cncc1C(C)N. The summed E-state index contributed by atoms with van der Waals surface area (Å²) in [6.07, 6.45) is 4.90. The fraction of sp³-hybridized carbons (Fsp3) is 0.750. The van der Waals surface area contributed by atoms with Gasteiger partial charge in [-0.2, -0.15) is 0 Å². The number of hydrogen-bond donors (Lipinski definition) is 1. The maximum Gasteiger partial charge on any atom is 0.0949 e. The Labute approximate surface area is 98.5 Å². The Bertz CT molecular complexity index is 306. The molecule has 0 aliphatic carbocycles. The maximum absolute atomic E-state index is 5.88. The lowest BCUT2D eigenvalue weighted by Gasteiger charge is -2.24. The molecule has 0 saturated heterocycles. The third kappa shape index (κ3) is 3.32. The Morgan fingerprint density at radius 3 is 2.75 bits per heavy atom. The Balaban J connectivity index is 2.51. The monoisotopic (exact) mass is 224 g/mol. The molecule has 0 saturated carbocycles. The molecule has 0 fully saturated rings. The highest BCUT2D eigenvalue weighted by molar-refractivity contribution is 5.03. The van der Waals surface area contributed by atoms with Crippen LogP contribution in [0.1, 0.15) is 38.9 Å². The summed E-state index contributed by atoms with van der Waals surface area (Å²) in [6.45, 7) is 8.45. The number of nitrogens with zero attached hydrogens (tertiary/aromatic N) is 3. The lowest BCUT2D eigenvalue weighted by Crippen LogP contribution is -2.31. The summed E-state index contributed by atoms with van der Waals surface area (Å²) in [7, 11) is 2.16. The van der Waals surface area contributed by atoms with Gasteiger partial charge in [0.05, 0.1) is 12.0 Å². The highest BCUT2D eigenvalue weighted by Crippen LogP contribution is 2.09. The Hall–Kier alpha value is -0.870. The molecular formula is C12H24N4. The van der Waals surface area contributed by atoms with Crippen LogP contribution in [0.5, 0.6) is 0 Å². The zero-order chi connectivity index (χ0) is 12.1. The zero-order valence-electron chi connectivity index (χ0n) is 10.8. The molecule has 0 aliphatic rings. The van der Waals surface area contributed by atoms with Gasteiger partial charge in [-0.05, 0) is 27.3 Å². The van der Waals surface area contributed by atoms with E-state index in [1.54, 1.807) is 0 Å². The molecule has 0 bridgehead atoms. The van der Waals surface area contributed by atoms with Gasteiger partial charge in [-0.3, -0.25) is 0 Å². The first kappa shape index (κ1) is 13.2. The lowest BCUT2D eigenvalue weighted by molar-refractivity contribution is 0.241. The molecule has 4 heteroatoms. The van der Waals surface area contributed by atoms with Crippen LogP contribution in [0.15, 0.2) is 12.5 Å². The van der Waals surface area contributed by atoms with E-state index in [2.05, 4.69) is 35.3 Å². The van der Waals surface area contributed by atoms with E-state index in [-0.39, 0.29) is 6.04 Å². The van der Waals surface area contributed by atoms with Crippen LogP contribution in [-0.4, -0.2) is 34.1 Å². The summed E-state index contributed by atoms with van der Waals surface area (Å²) in [4.78, 5) is 6.52. The van der Waals surface area contributed by atoms with Crippen molar-refractivity contribution in [3.63, 3.8) is 0 Å². The van der Waals surface area contributed by atoms with Crippen LogP contribution in [0.25, 0.3) is 0 Å². The highest BCUT2D eigenvalue weighted by atomic mass is 15.2. The molecule has 0 radical (unpaired) electrons. The van der Waals surface area contributed by atoms with Crippen molar-refractivity contribution in [2.75, 3.05) is 13.6 Å². The first-order valence-corrected chi connectivity index (χ1v) is 6.02. The van der Waals surface area contributed by atoms with Crippen molar-refractivity contribution in [3.05, 3.63) is 18.2 Å². The molecule has 2 unspecified atom stereocenters. The number of rotatable bonds is 6. The van der Waals surface area contributed by atoms with Crippen LogP contribution in [0.2, 0.25) is 0 Å². The smallest absolute Gasteiger partial charge is 0.0949 e. The van der Waals surface area contributed by atoms with Crippen LogP contribution >= 0.6 is 0 Å². The van der Waals surface area contributed by atoms with Crippen molar-refractivity contribution >= 4 is 0 Å². The molecule has 2 N–H and O–H groups in total. The molecule has 0 spiro atoms. The number of hydrogen-bond acceptors (Lipinski definition) is 3. The predicted octanol–water partition coefficient (Wildman–Crippen LogP) is 1.63. The van der Waals surface area contributed by atoms with E-state index in [0.29, 0.717) is 6.04 Å². The minimum absolute atomic E-state index is 0.0522. The average Bonchev–Trinajstić information content (AvgIpc) is 2.72. The lowest BCUT2D eigenvalue weighted by atomic mass is 10.2. The first-order chi connectivity index (χ1) is 7.56. The van der Waals surface area contributed by atoms with E-state index in [1.165, 1.54) is 6.42 Å². The minimum atomic E-state index is 0.0522. The van der Waals surface area contributed by atoms with Crippen LogP contribution in [0.4, 0.5) is 0 Å². The van der Waals surface area contributed by atoms with Gasteiger partial charge >= 0.3 is 0 Å². The van der Waals surface area contributed by atoms with Gasteiger partial charge in [0.25, 0.3) is 0 Å². The van der Waals surface area contributed by atoms with Gasteiger partial charge in [-0.15, -0.1) is 0 Å². The highest BCUT2D eigenvalue weighted by Gasteiger charge is 2.09. The fourth-order valence-electron chi connectivity index (χ4n) is 1.69. The molecular weight excluding hydrogens is 200 g/mol. The second-order valence-electron chi connectivity index (χ2n) is 4.54. The summed E-state index contributed by atoms with van der Waals surface area (Å²) in [6, 6.07) is 0.679. The van der Waals surface area contributed by atoms with Gasteiger partial charge in [0.15, 0.2) is 0 Å². The Kier molecular flexibility index (Phi) is 4.96. The topological polar surface area (TPSA) is 47.1 Å². The summed E-state index contributed by atoms with van der Waals surface area (Å²) < 4.78 is 2.14. The van der Waals surface area contributed by atoms with Gasteiger partial charge in [0.2, 0.25) is 0 Å². The predicted molar refractivity (Wildman–Crippen MR) is 67.2 cm³/mol. The van der Waals surface area contributed by atoms with Crippen molar-refractivity contribution in [1.82, 2.24) is 14.5 Å². The van der Waals surface area contributed by atoms with E-state index in [4.69, 9.17) is 5.73 Å². The minimum Gasteiger partial charge on any atom is -0.332 e. The number of imidazole rings is 1.